The second kappa shape index (κ2) is 11.9. The van der Waals surface area contributed by atoms with E-state index in [9.17, 15) is 18.0 Å². The second-order valence-electron chi connectivity index (χ2n) is 10.1. The molecule has 0 bridgehead atoms. The molecule has 2 heterocycles. The van der Waals surface area contributed by atoms with Gasteiger partial charge in [0.2, 0.25) is 0 Å². The number of anilines is 2. The molecule has 0 atom stereocenters. The fraction of sp³-hybridized carbons (Fsp3) is 0.333. The average Bonchev–Trinajstić information content (AvgIpc) is 3.30. The van der Waals surface area contributed by atoms with Gasteiger partial charge in [0.05, 0.1) is 18.8 Å². The van der Waals surface area contributed by atoms with Crippen LogP contribution in [0.3, 0.4) is 0 Å². The molecule has 3 aromatic rings. The molecule has 0 saturated carbocycles. The minimum Gasteiger partial charge on any atom is -0.384 e. The molecule has 2 aliphatic heterocycles. The summed E-state index contributed by atoms with van der Waals surface area (Å²) in [5.74, 6) is -1.09. The number of hydrogen-bond acceptors (Lipinski definition) is 5. The van der Waals surface area contributed by atoms with Crippen LogP contribution in [0.4, 0.5) is 24.5 Å². The van der Waals surface area contributed by atoms with Gasteiger partial charge in [-0.05, 0) is 73.0 Å². The highest BCUT2D eigenvalue weighted by atomic mass is 19.1. The number of carbonyl (C=O) groups is 1. The van der Waals surface area contributed by atoms with Crippen molar-refractivity contribution < 1.29 is 18.0 Å². The van der Waals surface area contributed by atoms with Gasteiger partial charge in [0.1, 0.15) is 17.5 Å². The largest absolute Gasteiger partial charge is 0.384 e. The molecule has 39 heavy (non-hydrogen) atoms. The van der Waals surface area contributed by atoms with Crippen molar-refractivity contribution in [3.63, 3.8) is 0 Å². The number of benzene rings is 3. The molecule has 1 saturated heterocycles. The van der Waals surface area contributed by atoms with E-state index in [0.29, 0.717) is 48.6 Å². The van der Waals surface area contributed by atoms with Gasteiger partial charge < -0.3 is 20.4 Å². The number of amides is 1. The Balaban J connectivity index is 1.34. The van der Waals surface area contributed by atoms with Crippen LogP contribution in [0, 0.1) is 11.6 Å². The Morgan fingerprint density at radius 3 is 2.46 bits per heavy atom. The van der Waals surface area contributed by atoms with Crippen molar-refractivity contribution in [2.75, 3.05) is 56.7 Å². The Hall–Kier alpha value is -3.85. The summed E-state index contributed by atoms with van der Waals surface area (Å²) < 4.78 is 40.1. The first-order chi connectivity index (χ1) is 18.9. The quantitative estimate of drug-likeness (QED) is 0.408. The van der Waals surface area contributed by atoms with Gasteiger partial charge in [-0.1, -0.05) is 12.1 Å². The first-order valence-electron chi connectivity index (χ1n) is 13.2. The number of piperazine rings is 1. The Morgan fingerprint density at radius 1 is 0.949 bits per heavy atom. The van der Waals surface area contributed by atoms with Crippen LogP contribution >= 0.6 is 0 Å². The minimum absolute atomic E-state index is 0.313. The summed E-state index contributed by atoms with van der Waals surface area (Å²) in [7, 11) is 2.10. The van der Waals surface area contributed by atoms with Crippen LogP contribution in [0.15, 0.2) is 59.6 Å². The number of aliphatic imine (C=N–C) groups is 1. The van der Waals surface area contributed by atoms with E-state index in [1.54, 1.807) is 6.07 Å². The molecule has 3 aromatic carbocycles. The molecule has 1 fully saturated rings. The molecule has 5 rings (SSSR count). The molecule has 0 unspecified atom stereocenters. The first-order valence-corrected chi connectivity index (χ1v) is 13.2. The Labute approximate surface area is 226 Å². The summed E-state index contributed by atoms with van der Waals surface area (Å²) in [4.78, 5) is 22.5. The molecule has 0 radical (unpaired) electrons. The number of fused-ring (bicyclic) bond motifs is 1. The van der Waals surface area contributed by atoms with E-state index in [-0.39, 0.29) is 5.91 Å². The maximum atomic E-state index is 13.7. The SMILES string of the molecule is CN1CCN(c2ccc(C(=O)NC3=NCc4ccc(Cc5cc(F)cc(F)c5)cc43)c(NCCCF)c2)CC1. The van der Waals surface area contributed by atoms with Crippen LogP contribution < -0.4 is 15.5 Å². The summed E-state index contributed by atoms with van der Waals surface area (Å²) in [6.45, 7) is 4.12. The highest BCUT2D eigenvalue weighted by Gasteiger charge is 2.22. The number of amidine groups is 1. The fourth-order valence-corrected chi connectivity index (χ4v) is 5.00. The van der Waals surface area contributed by atoms with Crippen LogP contribution in [0.5, 0.6) is 0 Å². The minimum atomic E-state index is -0.616. The summed E-state index contributed by atoms with van der Waals surface area (Å²) in [5, 5.41) is 6.19. The summed E-state index contributed by atoms with van der Waals surface area (Å²) in [6, 6.07) is 14.9. The van der Waals surface area contributed by atoms with Crippen LogP contribution in [-0.4, -0.2) is 63.1 Å². The van der Waals surface area contributed by atoms with Gasteiger partial charge in [0.15, 0.2) is 0 Å². The smallest absolute Gasteiger partial charge is 0.258 e. The molecule has 0 spiro atoms. The van der Waals surface area contributed by atoms with Crippen molar-refractivity contribution in [3.05, 3.63) is 94.0 Å². The third kappa shape index (κ3) is 6.42. The first kappa shape index (κ1) is 26.7. The van der Waals surface area contributed by atoms with Gasteiger partial charge in [-0.25, -0.2) is 8.78 Å². The molecule has 0 aromatic heterocycles. The number of rotatable bonds is 8. The van der Waals surface area contributed by atoms with Crippen molar-refractivity contribution in [2.24, 2.45) is 4.99 Å². The van der Waals surface area contributed by atoms with E-state index >= 15 is 0 Å². The van der Waals surface area contributed by atoms with Gasteiger partial charge in [-0.15, -0.1) is 0 Å². The predicted molar refractivity (Wildman–Crippen MR) is 149 cm³/mol. The van der Waals surface area contributed by atoms with Crippen molar-refractivity contribution in [1.29, 1.82) is 0 Å². The second-order valence-corrected chi connectivity index (χ2v) is 10.1. The summed E-state index contributed by atoms with van der Waals surface area (Å²) >= 11 is 0. The van der Waals surface area contributed by atoms with Crippen molar-refractivity contribution in [2.45, 2.75) is 19.4 Å². The maximum Gasteiger partial charge on any atom is 0.258 e. The van der Waals surface area contributed by atoms with E-state index in [1.807, 2.05) is 30.3 Å². The van der Waals surface area contributed by atoms with Gasteiger partial charge in [-0.3, -0.25) is 14.2 Å². The number of nitrogens with zero attached hydrogens (tertiary/aromatic N) is 3. The highest BCUT2D eigenvalue weighted by molar-refractivity contribution is 6.15. The van der Waals surface area contributed by atoms with Crippen LogP contribution in [0.2, 0.25) is 0 Å². The lowest BCUT2D eigenvalue weighted by molar-refractivity contribution is 0.0978. The zero-order chi connectivity index (χ0) is 27.4. The van der Waals surface area contributed by atoms with Crippen molar-refractivity contribution in [3.8, 4) is 0 Å². The Morgan fingerprint density at radius 2 is 1.72 bits per heavy atom. The van der Waals surface area contributed by atoms with Crippen molar-refractivity contribution in [1.82, 2.24) is 10.2 Å². The van der Waals surface area contributed by atoms with Gasteiger partial charge in [0.25, 0.3) is 5.91 Å². The predicted octanol–water partition coefficient (Wildman–Crippen LogP) is 4.77. The standard InChI is InChI=1S/C30H32F3N5O/c1-37-9-11-38(12-10-37)25-5-6-26(28(18-25)34-8-2-7-31)30(39)36-29-27-16-20(3-4-22(27)19-35-29)13-21-14-23(32)17-24(33)15-21/h3-6,14-18,34H,2,7-13,19H2,1H3,(H,35,36,39). The third-order valence-corrected chi connectivity index (χ3v) is 7.14. The number of likely N-dealkylation sites (N-methyl/N-ethyl adjacent to an activating group) is 1. The lowest BCUT2D eigenvalue weighted by Gasteiger charge is -2.34. The third-order valence-electron chi connectivity index (χ3n) is 7.14. The zero-order valence-corrected chi connectivity index (χ0v) is 21.9. The van der Waals surface area contributed by atoms with Gasteiger partial charge in [0, 0.05) is 55.7 Å². The Kier molecular flexibility index (Phi) is 8.16. The normalized spacial score (nSPS) is 15.2. The lowest BCUT2D eigenvalue weighted by atomic mass is 9.99. The van der Waals surface area contributed by atoms with Crippen LogP contribution in [0.25, 0.3) is 0 Å². The molecule has 1 amide bonds. The Bertz CT molecular complexity index is 1360. The number of carbonyl (C=O) groups excluding carboxylic acids is 1. The number of nitrogens with one attached hydrogen (secondary N) is 2. The molecule has 0 aliphatic carbocycles. The molecular weight excluding hydrogens is 503 g/mol. The van der Waals surface area contributed by atoms with Crippen molar-refractivity contribution >= 4 is 23.1 Å². The highest BCUT2D eigenvalue weighted by Crippen LogP contribution is 2.26. The van der Waals surface area contributed by atoms with E-state index < -0.39 is 18.3 Å². The molecular formula is C30H32F3N5O. The average molecular weight is 536 g/mol. The lowest BCUT2D eigenvalue weighted by Crippen LogP contribution is -2.44. The molecule has 6 nitrogen and oxygen atoms in total. The zero-order valence-electron chi connectivity index (χ0n) is 21.9. The number of halogens is 3. The molecule has 2 aliphatic rings. The number of hydrogen-bond donors (Lipinski definition) is 2. The molecule has 204 valence electrons. The van der Waals surface area contributed by atoms with Gasteiger partial charge in [-0.2, -0.15) is 0 Å². The summed E-state index contributed by atoms with van der Waals surface area (Å²) in [6.07, 6.45) is 0.692. The fourth-order valence-electron chi connectivity index (χ4n) is 5.00. The summed E-state index contributed by atoms with van der Waals surface area (Å²) in [5.41, 5.74) is 5.26. The van der Waals surface area contributed by atoms with Gasteiger partial charge >= 0.3 is 0 Å². The van der Waals surface area contributed by atoms with Crippen LogP contribution in [-0.2, 0) is 13.0 Å². The van der Waals surface area contributed by atoms with Crippen LogP contribution in [0.1, 0.15) is 39.0 Å². The monoisotopic (exact) mass is 535 g/mol. The van der Waals surface area contributed by atoms with E-state index in [4.69, 9.17) is 0 Å². The van der Waals surface area contributed by atoms with E-state index in [2.05, 4.69) is 32.5 Å². The number of alkyl halides is 1. The molecule has 9 heteroatoms. The van der Waals surface area contributed by atoms with E-state index in [0.717, 1.165) is 54.6 Å². The molecule has 2 N–H and O–H groups in total. The maximum absolute atomic E-state index is 13.7. The topological polar surface area (TPSA) is 60.0 Å². The van der Waals surface area contributed by atoms with E-state index in [1.165, 1.54) is 12.1 Å².